The van der Waals surface area contributed by atoms with Gasteiger partial charge >= 0.3 is 5.97 Å². The number of benzene rings is 2. The van der Waals surface area contributed by atoms with Crippen LogP contribution in [0.25, 0.3) is 0 Å². The predicted octanol–water partition coefficient (Wildman–Crippen LogP) is 1.70. The molecule has 0 atom stereocenters. The van der Waals surface area contributed by atoms with Crippen molar-refractivity contribution in [3.05, 3.63) is 48.0 Å². The number of hydrogen-bond donors (Lipinski definition) is 3. The minimum absolute atomic E-state index is 0.00639. The normalized spacial score (nSPS) is 11.1. The van der Waals surface area contributed by atoms with Gasteiger partial charge in [-0.1, -0.05) is 6.07 Å². The number of carboxylic acid groups (broad SMARTS) is 1. The van der Waals surface area contributed by atoms with E-state index in [1.54, 1.807) is 0 Å². The van der Waals surface area contributed by atoms with E-state index < -0.39 is 21.6 Å². The van der Waals surface area contributed by atoms with E-state index >= 15 is 0 Å². The van der Waals surface area contributed by atoms with Crippen molar-refractivity contribution >= 4 is 15.8 Å². The molecule has 0 amide bonds. The first-order valence-electron chi connectivity index (χ1n) is 8.09. The number of phenols is 1. The highest BCUT2D eigenvalue weighted by molar-refractivity contribution is 7.91. The van der Waals surface area contributed by atoms with Gasteiger partial charge in [0.1, 0.15) is 17.9 Å². The van der Waals surface area contributed by atoms with E-state index in [9.17, 15) is 18.3 Å². The van der Waals surface area contributed by atoms with Crippen molar-refractivity contribution in [1.29, 1.82) is 0 Å². The molecule has 0 aliphatic rings. The third-order valence-corrected chi connectivity index (χ3v) is 5.40. The third kappa shape index (κ3) is 5.60. The van der Waals surface area contributed by atoms with Gasteiger partial charge in [-0.25, -0.2) is 13.2 Å². The Morgan fingerprint density at radius 2 is 1.70 bits per heavy atom. The zero-order valence-electron chi connectivity index (χ0n) is 14.4. The molecule has 0 fully saturated rings. The smallest absolute Gasteiger partial charge is 0.339 e. The van der Waals surface area contributed by atoms with E-state index in [0.29, 0.717) is 5.75 Å². The van der Waals surface area contributed by atoms with Crippen LogP contribution in [-0.4, -0.2) is 55.3 Å². The van der Waals surface area contributed by atoms with E-state index in [1.165, 1.54) is 42.5 Å². The largest absolute Gasteiger partial charge is 0.504 e. The molecule has 0 unspecified atom stereocenters. The Balaban J connectivity index is 1.91. The van der Waals surface area contributed by atoms with Crippen LogP contribution >= 0.6 is 0 Å². The molecule has 0 saturated heterocycles. The molecule has 0 aliphatic heterocycles. The van der Waals surface area contributed by atoms with Crippen molar-refractivity contribution in [3.8, 4) is 17.2 Å². The lowest BCUT2D eigenvalue weighted by atomic mass is 10.2. The monoisotopic (exact) mass is 396 g/mol. The molecule has 2 aromatic carbocycles. The van der Waals surface area contributed by atoms with Crippen molar-refractivity contribution in [2.24, 2.45) is 0 Å². The fourth-order valence-electron chi connectivity index (χ4n) is 2.27. The summed E-state index contributed by atoms with van der Waals surface area (Å²) in [4.78, 5) is 11.1. The van der Waals surface area contributed by atoms with Crippen LogP contribution in [0.3, 0.4) is 0 Å². The van der Waals surface area contributed by atoms with Gasteiger partial charge in [0, 0.05) is 0 Å². The predicted molar refractivity (Wildman–Crippen MR) is 96.3 cm³/mol. The number of ether oxygens (including phenoxy) is 2. The molecule has 0 radical (unpaired) electrons. The molecule has 2 aromatic rings. The average Bonchev–Trinajstić information content (AvgIpc) is 2.64. The number of hydrogen-bond acceptors (Lipinski definition) is 7. The molecule has 2 rings (SSSR count). The molecule has 0 aliphatic carbocycles. The number of carboxylic acids is 1. The molecule has 8 nitrogen and oxygen atoms in total. The zero-order valence-corrected chi connectivity index (χ0v) is 15.2. The standard InChI is InChI=1S/C18H20O8S/c19-9-11-25-13-5-7-14(8-6-13)27(23,24)12-2-10-26-16-4-1-3-15(17(16)20)18(21)22/h1,3-8,19-20H,2,9-12H2,(H,21,22). The highest BCUT2D eigenvalue weighted by atomic mass is 32.2. The van der Waals surface area contributed by atoms with Crippen LogP contribution in [0.4, 0.5) is 0 Å². The molecule has 0 saturated carbocycles. The molecule has 9 heteroatoms. The Morgan fingerprint density at radius 3 is 2.33 bits per heavy atom. The summed E-state index contributed by atoms with van der Waals surface area (Å²) in [7, 11) is -3.53. The van der Waals surface area contributed by atoms with Crippen LogP contribution in [0.2, 0.25) is 0 Å². The van der Waals surface area contributed by atoms with E-state index in [1.807, 2.05) is 0 Å². The minimum atomic E-state index is -3.53. The Kier molecular flexibility index (Phi) is 7.03. The van der Waals surface area contributed by atoms with Crippen LogP contribution in [0.5, 0.6) is 17.2 Å². The number of aromatic carboxylic acids is 1. The third-order valence-electron chi connectivity index (χ3n) is 3.59. The Labute approximate surface area is 156 Å². The van der Waals surface area contributed by atoms with E-state index in [-0.39, 0.29) is 48.2 Å². The molecular formula is C18H20O8S. The molecule has 27 heavy (non-hydrogen) atoms. The van der Waals surface area contributed by atoms with Gasteiger partial charge in [-0.15, -0.1) is 0 Å². The number of carbonyl (C=O) groups is 1. The summed E-state index contributed by atoms with van der Waals surface area (Å²) in [6, 6.07) is 9.93. The fraction of sp³-hybridized carbons (Fsp3) is 0.278. The first-order valence-corrected chi connectivity index (χ1v) is 9.75. The minimum Gasteiger partial charge on any atom is -0.504 e. The van der Waals surface area contributed by atoms with Gasteiger partial charge in [-0.05, 0) is 42.8 Å². The molecule has 0 bridgehead atoms. The maximum absolute atomic E-state index is 12.3. The lowest BCUT2D eigenvalue weighted by Crippen LogP contribution is -2.11. The second kappa shape index (κ2) is 9.24. The van der Waals surface area contributed by atoms with E-state index in [0.717, 1.165) is 0 Å². The van der Waals surface area contributed by atoms with Crippen LogP contribution in [0.1, 0.15) is 16.8 Å². The fourth-order valence-corrected chi connectivity index (χ4v) is 3.55. The van der Waals surface area contributed by atoms with Crippen LogP contribution in [0, 0.1) is 0 Å². The summed E-state index contributed by atoms with van der Waals surface area (Å²) in [5.74, 6) is -1.51. The van der Waals surface area contributed by atoms with Crippen LogP contribution < -0.4 is 9.47 Å². The Hall–Kier alpha value is -2.78. The molecule has 146 valence electrons. The van der Waals surface area contributed by atoms with E-state index in [4.69, 9.17) is 19.7 Å². The van der Waals surface area contributed by atoms with Crippen LogP contribution in [0.15, 0.2) is 47.4 Å². The van der Waals surface area contributed by atoms with E-state index in [2.05, 4.69) is 0 Å². The van der Waals surface area contributed by atoms with Gasteiger partial charge < -0.3 is 24.8 Å². The molecule has 3 N–H and O–H groups in total. The lowest BCUT2D eigenvalue weighted by molar-refractivity contribution is 0.0692. The quantitative estimate of drug-likeness (QED) is 0.517. The average molecular weight is 396 g/mol. The van der Waals surface area contributed by atoms with Gasteiger partial charge in [0.25, 0.3) is 0 Å². The van der Waals surface area contributed by atoms with Crippen molar-refractivity contribution in [2.45, 2.75) is 11.3 Å². The highest BCUT2D eigenvalue weighted by Crippen LogP contribution is 2.29. The maximum Gasteiger partial charge on any atom is 0.339 e. The second-order valence-corrected chi connectivity index (χ2v) is 7.63. The van der Waals surface area contributed by atoms with Gasteiger partial charge in [0.05, 0.1) is 23.9 Å². The lowest BCUT2D eigenvalue weighted by Gasteiger charge is -2.10. The number of rotatable bonds is 10. The highest BCUT2D eigenvalue weighted by Gasteiger charge is 2.16. The van der Waals surface area contributed by atoms with Crippen molar-refractivity contribution in [3.63, 3.8) is 0 Å². The van der Waals surface area contributed by atoms with Gasteiger partial charge in [-0.2, -0.15) is 0 Å². The topological polar surface area (TPSA) is 130 Å². The Bertz CT molecular complexity index is 875. The summed E-state index contributed by atoms with van der Waals surface area (Å²) in [5, 5.41) is 27.5. The maximum atomic E-state index is 12.3. The molecule has 0 spiro atoms. The summed E-state index contributed by atoms with van der Waals surface area (Å²) < 4.78 is 35.1. The van der Waals surface area contributed by atoms with Crippen molar-refractivity contribution in [1.82, 2.24) is 0 Å². The summed E-state index contributed by atoms with van der Waals surface area (Å²) >= 11 is 0. The molecule has 0 aromatic heterocycles. The van der Waals surface area contributed by atoms with Gasteiger partial charge in [0.15, 0.2) is 21.3 Å². The molecular weight excluding hydrogens is 376 g/mol. The number of para-hydroxylation sites is 1. The number of sulfone groups is 1. The van der Waals surface area contributed by atoms with Crippen LogP contribution in [-0.2, 0) is 9.84 Å². The second-order valence-electron chi connectivity index (χ2n) is 5.52. The summed E-state index contributed by atoms with van der Waals surface area (Å²) in [6.07, 6.45) is 0.155. The van der Waals surface area contributed by atoms with Gasteiger partial charge in [0.2, 0.25) is 0 Å². The number of aromatic hydroxyl groups is 1. The first kappa shape index (κ1) is 20.5. The zero-order chi connectivity index (χ0) is 19.9. The Morgan fingerprint density at radius 1 is 1.00 bits per heavy atom. The van der Waals surface area contributed by atoms with Gasteiger partial charge in [-0.3, -0.25) is 0 Å². The van der Waals surface area contributed by atoms with Crippen molar-refractivity contribution in [2.75, 3.05) is 25.6 Å². The summed E-state index contributed by atoms with van der Waals surface area (Å²) in [5.41, 5.74) is -0.288. The number of aliphatic hydroxyl groups excluding tert-OH is 1. The number of aliphatic hydroxyl groups is 1. The molecule has 0 heterocycles. The SMILES string of the molecule is O=C(O)c1cccc(OCCCS(=O)(=O)c2ccc(OCCO)cc2)c1O. The summed E-state index contributed by atoms with van der Waals surface area (Å²) in [6.45, 7) is -0.0160. The van der Waals surface area contributed by atoms with Crippen molar-refractivity contribution < 1.29 is 38.0 Å². The first-order chi connectivity index (χ1) is 12.8.